The van der Waals surface area contributed by atoms with Crippen LogP contribution in [0, 0.1) is 11.8 Å². The number of hydrogen-bond acceptors (Lipinski definition) is 2. The molecular formula is C13H19NO2. The van der Waals surface area contributed by atoms with Gasteiger partial charge in [0.25, 0.3) is 0 Å². The molecule has 1 saturated carbocycles. The number of nitrogens with one attached hydrogen (secondary N) is 1. The molecule has 16 heavy (non-hydrogen) atoms. The van der Waals surface area contributed by atoms with Crippen LogP contribution in [0.25, 0.3) is 0 Å². The van der Waals surface area contributed by atoms with Gasteiger partial charge in [-0.25, -0.2) is 0 Å². The average Bonchev–Trinajstić information content (AvgIpc) is 3.10. The standard InChI is InChI=1S/C13H19NO2/c1-2-9-7-10(9)8-12(5-6-13(15)16)14-11-3-4-11/h2-3,9-10,12,14H,1,4-8H2,(H,15,16). The second kappa shape index (κ2) is 4.73. The van der Waals surface area contributed by atoms with Crippen LogP contribution in [0.5, 0.6) is 0 Å². The minimum atomic E-state index is -0.701. The van der Waals surface area contributed by atoms with E-state index in [2.05, 4.69) is 18.0 Å². The molecule has 0 aliphatic heterocycles. The Hall–Kier alpha value is -1.25. The maximum absolute atomic E-state index is 10.6. The molecule has 0 aromatic rings. The largest absolute Gasteiger partial charge is 0.481 e. The maximum atomic E-state index is 10.6. The van der Waals surface area contributed by atoms with Crippen LogP contribution in [-0.2, 0) is 4.79 Å². The Kier molecular flexibility index (Phi) is 3.32. The van der Waals surface area contributed by atoms with Crippen molar-refractivity contribution in [3.8, 4) is 0 Å². The highest BCUT2D eigenvalue weighted by atomic mass is 16.4. The fraction of sp³-hybridized carbons (Fsp3) is 0.615. The van der Waals surface area contributed by atoms with Crippen molar-refractivity contribution in [2.75, 3.05) is 0 Å². The van der Waals surface area contributed by atoms with Crippen molar-refractivity contribution >= 4 is 5.97 Å². The molecule has 0 radical (unpaired) electrons. The number of aliphatic carboxylic acids is 1. The van der Waals surface area contributed by atoms with E-state index in [-0.39, 0.29) is 6.42 Å². The van der Waals surface area contributed by atoms with E-state index in [1.54, 1.807) is 0 Å². The van der Waals surface area contributed by atoms with Crippen LogP contribution in [-0.4, -0.2) is 17.1 Å². The van der Waals surface area contributed by atoms with E-state index < -0.39 is 5.97 Å². The lowest BCUT2D eigenvalue weighted by molar-refractivity contribution is -0.137. The topological polar surface area (TPSA) is 49.3 Å². The molecule has 3 atom stereocenters. The zero-order valence-electron chi connectivity index (χ0n) is 9.48. The van der Waals surface area contributed by atoms with Gasteiger partial charge in [-0.15, -0.1) is 6.58 Å². The second-order valence-corrected chi connectivity index (χ2v) is 4.84. The fourth-order valence-corrected chi connectivity index (χ4v) is 2.17. The Morgan fingerprint density at radius 2 is 2.50 bits per heavy atom. The molecule has 1 fully saturated rings. The molecule has 0 amide bonds. The van der Waals surface area contributed by atoms with Gasteiger partial charge in [0.1, 0.15) is 0 Å². The van der Waals surface area contributed by atoms with Gasteiger partial charge in [-0.05, 0) is 31.1 Å². The predicted molar refractivity (Wildman–Crippen MR) is 62.9 cm³/mol. The third-order valence-electron chi connectivity index (χ3n) is 3.37. The van der Waals surface area contributed by atoms with Crippen molar-refractivity contribution < 1.29 is 9.90 Å². The number of rotatable bonds is 8. The molecule has 0 bridgehead atoms. The summed E-state index contributed by atoms with van der Waals surface area (Å²) >= 11 is 0. The predicted octanol–water partition coefficient (Wildman–Crippen LogP) is 2.31. The highest BCUT2D eigenvalue weighted by molar-refractivity contribution is 5.66. The van der Waals surface area contributed by atoms with Gasteiger partial charge in [0, 0.05) is 24.6 Å². The van der Waals surface area contributed by atoms with Crippen LogP contribution in [0.3, 0.4) is 0 Å². The van der Waals surface area contributed by atoms with E-state index >= 15 is 0 Å². The summed E-state index contributed by atoms with van der Waals surface area (Å²) in [7, 11) is 0. The zero-order chi connectivity index (χ0) is 11.5. The number of carbonyl (C=O) groups is 1. The van der Waals surface area contributed by atoms with E-state index in [9.17, 15) is 4.79 Å². The molecular weight excluding hydrogens is 202 g/mol. The van der Waals surface area contributed by atoms with Crippen LogP contribution < -0.4 is 5.32 Å². The molecule has 0 saturated heterocycles. The summed E-state index contributed by atoms with van der Waals surface area (Å²) in [6.45, 7) is 3.80. The molecule has 2 aliphatic rings. The van der Waals surface area contributed by atoms with Gasteiger partial charge >= 0.3 is 5.97 Å². The van der Waals surface area contributed by atoms with Crippen LogP contribution in [0.1, 0.15) is 32.1 Å². The Morgan fingerprint density at radius 3 is 3.00 bits per heavy atom. The fourth-order valence-electron chi connectivity index (χ4n) is 2.17. The molecule has 3 nitrogen and oxygen atoms in total. The summed E-state index contributed by atoms with van der Waals surface area (Å²) in [5.41, 5.74) is 1.28. The highest BCUT2D eigenvalue weighted by Crippen LogP contribution is 2.43. The first-order valence-corrected chi connectivity index (χ1v) is 5.99. The van der Waals surface area contributed by atoms with Gasteiger partial charge in [-0.3, -0.25) is 4.79 Å². The lowest BCUT2D eigenvalue weighted by atomic mass is 10.0. The first-order valence-electron chi connectivity index (χ1n) is 5.99. The quantitative estimate of drug-likeness (QED) is 0.618. The van der Waals surface area contributed by atoms with Gasteiger partial charge in [-0.2, -0.15) is 0 Å². The SMILES string of the molecule is C=CC1CC1CC(CCC(=O)O)NC1=CC1. The van der Waals surface area contributed by atoms with Crippen LogP contribution in [0.15, 0.2) is 24.4 Å². The summed E-state index contributed by atoms with van der Waals surface area (Å²) in [4.78, 5) is 10.6. The lowest BCUT2D eigenvalue weighted by Gasteiger charge is -2.17. The monoisotopic (exact) mass is 221 g/mol. The minimum absolute atomic E-state index is 0.260. The molecule has 3 heteroatoms. The molecule has 0 heterocycles. The van der Waals surface area contributed by atoms with Crippen molar-refractivity contribution in [1.82, 2.24) is 5.32 Å². The van der Waals surface area contributed by atoms with E-state index in [0.29, 0.717) is 12.0 Å². The van der Waals surface area contributed by atoms with Crippen molar-refractivity contribution in [3.05, 3.63) is 24.4 Å². The molecule has 2 N–H and O–H groups in total. The van der Waals surface area contributed by atoms with Crippen molar-refractivity contribution in [2.45, 2.75) is 38.1 Å². The Bertz CT molecular complexity index is 322. The summed E-state index contributed by atoms with van der Waals surface area (Å²) in [6, 6.07) is 0.333. The normalized spacial score (nSPS) is 27.9. The molecule has 0 spiro atoms. The van der Waals surface area contributed by atoms with Gasteiger partial charge in [0.2, 0.25) is 0 Å². The van der Waals surface area contributed by atoms with Crippen LogP contribution in [0.4, 0.5) is 0 Å². The average molecular weight is 221 g/mol. The summed E-state index contributed by atoms with van der Waals surface area (Å²) < 4.78 is 0. The number of carboxylic acids is 1. The van der Waals surface area contributed by atoms with Crippen molar-refractivity contribution in [1.29, 1.82) is 0 Å². The highest BCUT2D eigenvalue weighted by Gasteiger charge is 2.36. The summed E-state index contributed by atoms with van der Waals surface area (Å²) in [5, 5.41) is 12.1. The number of allylic oxidation sites excluding steroid dienone is 3. The molecule has 3 unspecified atom stereocenters. The molecule has 0 aromatic carbocycles. The maximum Gasteiger partial charge on any atom is 0.303 e. The van der Waals surface area contributed by atoms with Gasteiger partial charge in [-0.1, -0.05) is 12.2 Å². The van der Waals surface area contributed by atoms with Gasteiger partial charge in [0.15, 0.2) is 0 Å². The van der Waals surface area contributed by atoms with E-state index in [4.69, 9.17) is 5.11 Å². The number of carboxylic acid groups (broad SMARTS) is 1. The smallest absolute Gasteiger partial charge is 0.303 e. The zero-order valence-corrected chi connectivity index (χ0v) is 9.48. The molecule has 2 rings (SSSR count). The third kappa shape index (κ3) is 3.40. The summed E-state index contributed by atoms with van der Waals surface area (Å²) in [6.07, 6.45) is 8.53. The first kappa shape index (κ1) is 11.2. The Balaban J connectivity index is 1.74. The Morgan fingerprint density at radius 1 is 1.75 bits per heavy atom. The minimum Gasteiger partial charge on any atom is -0.481 e. The Labute approximate surface area is 96.2 Å². The van der Waals surface area contributed by atoms with E-state index in [1.165, 1.54) is 12.1 Å². The van der Waals surface area contributed by atoms with Crippen molar-refractivity contribution in [3.63, 3.8) is 0 Å². The van der Waals surface area contributed by atoms with Gasteiger partial charge < -0.3 is 10.4 Å². The lowest BCUT2D eigenvalue weighted by Crippen LogP contribution is -2.27. The van der Waals surface area contributed by atoms with Crippen molar-refractivity contribution in [2.24, 2.45) is 11.8 Å². The third-order valence-corrected chi connectivity index (χ3v) is 3.37. The molecule has 2 aliphatic carbocycles. The number of hydrogen-bond donors (Lipinski definition) is 2. The van der Waals surface area contributed by atoms with E-state index in [1.807, 2.05) is 6.08 Å². The van der Waals surface area contributed by atoms with Crippen LogP contribution in [0.2, 0.25) is 0 Å². The second-order valence-electron chi connectivity index (χ2n) is 4.84. The molecule has 88 valence electrons. The first-order chi connectivity index (χ1) is 7.69. The van der Waals surface area contributed by atoms with Gasteiger partial charge in [0.05, 0.1) is 0 Å². The molecule has 0 aromatic heterocycles. The van der Waals surface area contributed by atoms with E-state index in [0.717, 1.165) is 25.2 Å². The summed E-state index contributed by atoms with van der Waals surface area (Å²) in [5.74, 6) is 0.693. The van der Waals surface area contributed by atoms with Crippen LogP contribution >= 0.6 is 0 Å².